The third-order valence-corrected chi connectivity index (χ3v) is 4.12. The molecule has 0 bridgehead atoms. The molecule has 2 aromatic carbocycles. The molecule has 0 aliphatic heterocycles. The molecule has 2 aromatic rings. The van der Waals surface area contributed by atoms with E-state index in [-0.39, 0.29) is 0 Å². The number of fused-ring (bicyclic) bond motifs is 1. The van der Waals surface area contributed by atoms with Crippen LogP contribution in [0.5, 0.6) is 0 Å². The Labute approximate surface area is 134 Å². The Kier molecular flexibility index (Phi) is 5.12. The molecule has 0 amide bonds. The van der Waals surface area contributed by atoms with Crippen molar-refractivity contribution in [2.24, 2.45) is 4.99 Å². The van der Waals surface area contributed by atoms with Gasteiger partial charge in [0.2, 0.25) is 5.71 Å². The molecule has 0 N–H and O–H groups in total. The molecule has 0 heterocycles. The number of nitrogens with zero attached hydrogens (tertiary/aromatic N) is 2. The lowest BCUT2D eigenvalue weighted by Crippen LogP contribution is -2.27. The van der Waals surface area contributed by atoms with Crippen LogP contribution in [-0.4, -0.2) is 35.6 Å². The van der Waals surface area contributed by atoms with Gasteiger partial charge < -0.3 is 0 Å². The van der Waals surface area contributed by atoms with Crippen LogP contribution in [0, 0.1) is 6.92 Å². The second-order valence-electron chi connectivity index (χ2n) is 6.42. The smallest absolute Gasteiger partial charge is 0.225 e. The molecule has 2 nitrogen and oxygen atoms in total. The number of aliphatic imine (C=N–C) groups is 1. The average Bonchev–Trinajstić information content (AvgIpc) is 2.49. The van der Waals surface area contributed by atoms with Crippen LogP contribution >= 0.6 is 0 Å². The number of aryl methyl sites for hydroxylation is 1. The average molecular weight is 295 g/mol. The van der Waals surface area contributed by atoms with Gasteiger partial charge in [-0.2, -0.15) is 0 Å². The molecule has 0 aromatic heterocycles. The van der Waals surface area contributed by atoms with E-state index >= 15 is 0 Å². The van der Waals surface area contributed by atoms with Crippen molar-refractivity contribution in [1.29, 1.82) is 0 Å². The molecular weight excluding hydrogens is 268 g/mol. The normalized spacial score (nSPS) is 13.5. The molecule has 0 aliphatic rings. The van der Waals surface area contributed by atoms with E-state index in [2.05, 4.69) is 87.6 Å². The van der Waals surface area contributed by atoms with Gasteiger partial charge in [0.05, 0.1) is 11.8 Å². The maximum absolute atomic E-state index is 4.62. The first kappa shape index (κ1) is 16.4. The summed E-state index contributed by atoms with van der Waals surface area (Å²) in [4.78, 5) is 4.62. The molecule has 0 spiro atoms. The summed E-state index contributed by atoms with van der Waals surface area (Å²) in [6.45, 7) is 10.8. The van der Waals surface area contributed by atoms with Crippen LogP contribution in [0.1, 0.15) is 38.8 Å². The van der Waals surface area contributed by atoms with Gasteiger partial charge >= 0.3 is 0 Å². The van der Waals surface area contributed by atoms with E-state index in [4.69, 9.17) is 0 Å². The lowest BCUT2D eigenvalue weighted by Gasteiger charge is -2.11. The maximum atomic E-state index is 4.62. The van der Waals surface area contributed by atoms with Gasteiger partial charge in [0.25, 0.3) is 0 Å². The van der Waals surface area contributed by atoms with E-state index in [0.717, 1.165) is 0 Å². The minimum Gasteiger partial charge on any atom is -0.284 e. The zero-order chi connectivity index (χ0) is 16.3. The lowest BCUT2D eigenvalue weighted by atomic mass is 9.97. The van der Waals surface area contributed by atoms with E-state index in [1.54, 1.807) is 0 Å². The quantitative estimate of drug-likeness (QED) is 0.584. The molecule has 2 rings (SSSR count). The Morgan fingerprint density at radius 2 is 1.73 bits per heavy atom. The SMILES string of the molecule is Cc1c(C(C=NC(C)C)=[N+](C)C(C)C)ccc2ccccc12. The third-order valence-electron chi connectivity index (χ3n) is 4.12. The summed E-state index contributed by atoms with van der Waals surface area (Å²) >= 11 is 0. The highest BCUT2D eigenvalue weighted by Crippen LogP contribution is 2.22. The fourth-order valence-electron chi connectivity index (χ4n) is 2.55. The molecule has 0 fully saturated rings. The summed E-state index contributed by atoms with van der Waals surface area (Å²) in [5.74, 6) is 0. The lowest BCUT2D eigenvalue weighted by molar-refractivity contribution is -0.527. The van der Waals surface area contributed by atoms with Crippen LogP contribution in [0.15, 0.2) is 41.4 Å². The van der Waals surface area contributed by atoms with Gasteiger partial charge in [-0.15, -0.1) is 0 Å². The minimum atomic E-state index is 0.302. The summed E-state index contributed by atoms with van der Waals surface area (Å²) in [5.41, 5.74) is 3.77. The van der Waals surface area contributed by atoms with E-state index in [0.29, 0.717) is 12.1 Å². The van der Waals surface area contributed by atoms with Crippen molar-refractivity contribution >= 4 is 22.7 Å². The molecule has 0 saturated heterocycles. The number of hydrogen-bond acceptors (Lipinski definition) is 1. The highest BCUT2D eigenvalue weighted by Gasteiger charge is 2.18. The summed E-state index contributed by atoms with van der Waals surface area (Å²) in [5, 5.41) is 2.60. The maximum Gasteiger partial charge on any atom is 0.225 e. The van der Waals surface area contributed by atoms with Crippen molar-refractivity contribution in [1.82, 2.24) is 0 Å². The van der Waals surface area contributed by atoms with E-state index in [1.807, 2.05) is 6.21 Å². The Bertz CT molecular complexity index is 722. The molecule has 0 saturated carbocycles. The third kappa shape index (κ3) is 3.44. The van der Waals surface area contributed by atoms with Crippen LogP contribution < -0.4 is 0 Å². The van der Waals surface area contributed by atoms with Gasteiger partial charge in [0.15, 0.2) is 0 Å². The summed E-state index contributed by atoms with van der Waals surface area (Å²) in [6, 6.07) is 13.7. The molecule has 2 heteroatoms. The molecular formula is C20H27N2+. The van der Waals surface area contributed by atoms with Crippen molar-refractivity contribution in [3.8, 4) is 0 Å². The number of hydrogen-bond donors (Lipinski definition) is 0. The van der Waals surface area contributed by atoms with Crippen LogP contribution in [0.3, 0.4) is 0 Å². The van der Waals surface area contributed by atoms with E-state index in [9.17, 15) is 0 Å². The predicted molar refractivity (Wildman–Crippen MR) is 97.7 cm³/mol. The largest absolute Gasteiger partial charge is 0.284 e. The molecule has 0 aliphatic carbocycles. The van der Waals surface area contributed by atoms with Crippen LogP contribution in [0.4, 0.5) is 0 Å². The fraction of sp³-hybridized carbons (Fsp3) is 0.400. The Hall–Kier alpha value is -1.96. The molecule has 0 unspecified atom stereocenters. The first-order valence-electron chi connectivity index (χ1n) is 8.03. The molecule has 116 valence electrons. The van der Waals surface area contributed by atoms with Gasteiger partial charge in [-0.25, -0.2) is 4.58 Å². The van der Waals surface area contributed by atoms with Crippen molar-refractivity contribution in [2.45, 2.75) is 46.7 Å². The zero-order valence-corrected chi connectivity index (χ0v) is 14.6. The van der Waals surface area contributed by atoms with Crippen molar-refractivity contribution in [3.05, 3.63) is 47.5 Å². The monoisotopic (exact) mass is 295 g/mol. The van der Waals surface area contributed by atoms with E-state index < -0.39 is 0 Å². The first-order valence-corrected chi connectivity index (χ1v) is 8.03. The molecule has 22 heavy (non-hydrogen) atoms. The highest BCUT2D eigenvalue weighted by molar-refractivity contribution is 6.36. The topological polar surface area (TPSA) is 15.4 Å². The van der Waals surface area contributed by atoms with Gasteiger partial charge in [0.1, 0.15) is 13.1 Å². The summed E-state index contributed by atoms with van der Waals surface area (Å²) in [6.07, 6.45) is 2.03. The van der Waals surface area contributed by atoms with Crippen molar-refractivity contribution < 1.29 is 4.58 Å². The molecule has 0 radical (unpaired) electrons. The second kappa shape index (κ2) is 6.87. The molecule has 0 atom stereocenters. The van der Waals surface area contributed by atoms with Crippen molar-refractivity contribution in [3.63, 3.8) is 0 Å². The highest BCUT2D eigenvalue weighted by atomic mass is 15.0. The van der Waals surface area contributed by atoms with E-state index in [1.165, 1.54) is 27.6 Å². The van der Waals surface area contributed by atoms with Crippen LogP contribution in [0.25, 0.3) is 10.8 Å². The van der Waals surface area contributed by atoms with Gasteiger partial charge in [0, 0.05) is 6.04 Å². The minimum absolute atomic E-state index is 0.302. The predicted octanol–water partition coefficient (Wildman–Crippen LogP) is 4.47. The van der Waals surface area contributed by atoms with Gasteiger partial charge in [-0.3, -0.25) is 4.99 Å². The number of benzene rings is 2. The first-order chi connectivity index (χ1) is 10.4. The van der Waals surface area contributed by atoms with Crippen LogP contribution in [0.2, 0.25) is 0 Å². The Morgan fingerprint density at radius 1 is 1.05 bits per heavy atom. The second-order valence-corrected chi connectivity index (χ2v) is 6.42. The van der Waals surface area contributed by atoms with Crippen LogP contribution in [-0.2, 0) is 0 Å². The standard InChI is InChI=1S/C20H27N2/c1-14(2)21-13-20(22(6)15(3)4)19-12-11-17-9-7-8-10-18(17)16(19)5/h7-15H,1-6H3/q+1. The summed E-state index contributed by atoms with van der Waals surface area (Å²) < 4.78 is 2.29. The Balaban J connectivity index is 2.67. The van der Waals surface area contributed by atoms with Crippen molar-refractivity contribution in [2.75, 3.05) is 7.05 Å². The summed E-state index contributed by atoms with van der Waals surface area (Å²) in [7, 11) is 2.14. The fourth-order valence-corrected chi connectivity index (χ4v) is 2.55. The Morgan fingerprint density at radius 3 is 2.36 bits per heavy atom. The number of rotatable bonds is 4. The van der Waals surface area contributed by atoms with Gasteiger partial charge in [-0.1, -0.05) is 30.3 Å². The zero-order valence-electron chi connectivity index (χ0n) is 14.6. The van der Waals surface area contributed by atoms with Gasteiger partial charge in [-0.05, 0) is 57.0 Å².